The Hall–Kier alpha value is -4.53. The van der Waals surface area contributed by atoms with E-state index < -0.39 is 62.9 Å². The number of anilines is 2. The summed E-state index contributed by atoms with van der Waals surface area (Å²) < 4.78 is 82.7. The van der Waals surface area contributed by atoms with Gasteiger partial charge in [0.2, 0.25) is 5.91 Å². The fourth-order valence-corrected chi connectivity index (χ4v) is 6.90. The molecule has 4 aromatic rings. The molecule has 2 aromatic heterocycles. The number of hydrogen-bond donors (Lipinski definition) is 2. The molecule has 10 nitrogen and oxygen atoms in total. The van der Waals surface area contributed by atoms with Gasteiger partial charge in [0.1, 0.15) is 11.6 Å². The number of fused-ring (bicyclic) bond motifs is 1. The minimum Gasteiger partial charge on any atom is -0.481 e. The average Bonchev–Trinajstić information content (AvgIpc) is 3.28. The second-order valence-corrected chi connectivity index (χ2v) is 12.9. The van der Waals surface area contributed by atoms with Crippen LogP contribution < -0.4 is 9.62 Å². The molecule has 0 aliphatic heterocycles. The van der Waals surface area contributed by atoms with Crippen LogP contribution >= 0.6 is 0 Å². The Morgan fingerprint density at radius 1 is 1.09 bits per heavy atom. The summed E-state index contributed by atoms with van der Waals surface area (Å²) in [5.41, 5.74) is 0.284. The number of carbonyl (C=O) groups excluding carboxylic acids is 1. The molecule has 2 N–H and O–H groups in total. The Morgan fingerprint density at radius 2 is 1.78 bits per heavy atom. The van der Waals surface area contributed by atoms with Crippen LogP contribution in [-0.2, 0) is 32.8 Å². The summed E-state index contributed by atoms with van der Waals surface area (Å²) in [6.45, 7) is 1.79. The highest BCUT2D eigenvalue weighted by molar-refractivity contribution is 7.92. The molecule has 1 saturated carbocycles. The molecule has 45 heavy (non-hydrogen) atoms. The predicted octanol–water partition coefficient (Wildman–Crippen LogP) is 5.48. The van der Waals surface area contributed by atoms with Crippen LogP contribution in [0.2, 0.25) is 0 Å². The highest BCUT2D eigenvalue weighted by Crippen LogP contribution is 2.43. The van der Waals surface area contributed by atoms with Gasteiger partial charge >= 0.3 is 12.1 Å². The van der Waals surface area contributed by atoms with Gasteiger partial charge < -0.3 is 15.0 Å². The molecular formula is C30H29F4N5O5S. The molecule has 0 bridgehead atoms. The van der Waals surface area contributed by atoms with Crippen LogP contribution in [0.1, 0.15) is 42.1 Å². The Bertz CT molecular complexity index is 1890. The Balaban J connectivity index is 1.35. The van der Waals surface area contributed by atoms with Crippen LogP contribution in [0.3, 0.4) is 0 Å². The van der Waals surface area contributed by atoms with Gasteiger partial charge in [0, 0.05) is 20.2 Å². The molecule has 238 valence electrons. The minimum atomic E-state index is -4.77. The largest absolute Gasteiger partial charge is 0.481 e. The predicted molar refractivity (Wildman–Crippen MR) is 157 cm³/mol. The maximum absolute atomic E-state index is 14.4. The van der Waals surface area contributed by atoms with Gasteiger partial charge in [0.25, 0.3) is 10.0 Å². The van der Waals surface area contributed by atoms with Crippen LogP contribution in [0.15, 0.2) is 59.8 Å². The average molecular weight is 648 g/mol. The molecule has 1 aliphatic carbocycles. The number of carbonyl (C=O) groups is 2. The van der Waals surface area contributed by atoms with E-state index in [1.807, 2.05) is 0 Å². The van der Waals surface area contributed by atoms with Crippen molar-refractivity contribution in [3.05, 3.63) is 77.5 Å². The zero-order chi connectivity index (χ0) is 32.8. The highest BCUT2D eigenvalue weighted by atomic mass is 32.2. The monoisotopic (exact) mass is 647 g/mol. The minimum absolute atomic E-state index is 0.174. The lowest BCUT2D eigenvalue weighted by atomic mass is 9.69. The molecule has 0 spiro atoms. The van der Waals surface area contributed by atoms with Crippen molar-refractivity contribution < 1.29 is 40.7 Å². The van der Waals surface area contributed by atoms with E-state index in [0.29, 0.717) is 41.3 Å². The molecule has 0 unspecified atom stereocenters. The van der Waals surface area contributed by atoms with Crippen molar-refractivity contribution in [1.82, 2.24) is 14.5 Å². The highest BCUT2D eigenvalue weighted by Gasteiger charge is 2.43. The fourth-order valence-electron chi connectivity index (χ4n) is 5.77. The molecule has 1 aliphatic rings. The number of nitrogens with zero attached hydrogens (tertiary/aromatic N) is 4. The Kier molecular flexibility index (Phi) is 8.33. The van der Waals surface area contributed by atoms with Crippen molar-refractivity contribution in [1.29, 1.82) is 0 Å². The lowest BCUT2D eigenvalue weighted by molar-refractivity contribution is -0.148. The number of halogens is 4. The van der Waals surface area contributed by atoms with E-state index in [9.17, 15) is 40.7 Å². The molecular weight excluding hydrogens is 618 g/mol. The van der Waals surface area contributed by atoms with E-state index in [-0.39, 0.29) is 23.2 Å². The number of amides is 1. The summed E-state index contributed by atoms with van der Waals surface area (Å²) in [4.78, 5) is 34.1. The number of rotatable bonds is 7. The number of sulfonamides is 1. The van der Waals surface area contributed by atoms with Gasteiger partial charge in [-0.15, -0.1) is 0 Å². The van der Waals surface area contributed by atoms with Crippen molar-refractivity contribution in [3.63, 3.8) is 0 Å². The van der Waals surface area contributed by atoms with Crippen molar-refractivity contribution in [2.45, 2.75) is 43.3 Å². The maximum atomic E-state index is 14.4. The molecule has 1 amide bonds. The summed E-state index contributed by atoms with van der Waals surface area (Å²) >= 11 is 0. The summed E-state index contributed by atoms with van der Waals surface area (Å²) in [5.74, 6) is -5.64. The summed E-state index contributed by atoms with van der Waals surface area (Å²) in [6, 6.07) is 9.31. The van der Waals surface area contributed by atoms with E-state index in [0.717, 1.165) is 10.4 Å². The van der Waals surface area contributed by atoms with Gasteiger partial charge in [-0.3, -0.25) is 13.9 Å². The third-order valence-corrected chi connectivity index (χ3v) is 10.0. The van der Waals surface area contributed by atoms with Gasteiger partial charge in [-0.05, 0) is 61.6 Å². The van der Waals surface area contributed by atoms with E-state index in [1.54, 1.807) is 30.7 Å². The topological polar surface area (TPSA) is 134 Å². The first-order valence-electron chi connectivity index (χ1n) is 13.9. The number of alkyl halides is 3. The standard InChI is InChI=1S/C30H29F4N5O5S/c1-16-36-24-14-26(35-15-25(24)38(16)2)45(43,44)39(3)19-10-7-17(8-11-19)20-5-4-6-21(27(20)29(41)42)28(40)37-23-12-9-18(13-22(23)31)30(32,33)34/h7-15,20-21,27H,4-6H2,1-3H3,(H,37,40)(H,41,42)/t20-,21-,27-/m1/s1. The Morgan fingerprint density at radius 3 is 2.40 bits per heavy atom. The van der Waals surface area contributed by atoms with Crippen molar-refractivity contribution in [2.75, 3.05) is 16.7 Å². The van der Waals surface area contributed by atoms with Crippen molar-refractivity contribution in [3.8, 4) is 0 Å². The van der Waals surface area contributed by atoms with E-state index >= 15 is 0 Å². The lowest BCUT2D eigenvalue weighted by Gasteiger charge is -2.35. The summed E-state index contributed by atoms with van der Waals surface area (Å²) in [7, 11) is -0.923. The summed E-state index contributed by atoms with van der Waals surface area (Å²) in [5, 5.41) is 12.2. The number of benzene rings is 2. The maximum Gasteiger partial charge on any atom is 0.416 e. The van der Waals surface area contributed by atoms with Gasteiger partial charge in [0.15, 0.2) is 5.03 Å². The number of aromatic nitrogens is 3. The first-order valence-corrected chi connectivity index (χ1v) is 15.3. The number of hydrogen-bond acceptors (Lipinski definition) is 6. The van der Waals surface area contributed by atoms with Gasteiger partial charge in [-0.25, -0.2) is 14.4 Å². The van der Waals surface area contributed by atoms with E-state index in [1.165, 1.54) is 31.4 Å². The molecule has 15 heteroatoms. The van der Waals surface area contributed by atoms with Crippen molar-refractivity contribution in [2.24, 2.45) is 18.9 Å². The number of carboxylic acids is 1. The molecule has 1 fully saturated rings. The van der Waals surface area contributed by atoms with E-state index in [4.69, 9.17) is 0 Å². The van der Waals surface area contributed by atoms with Crippen LogP contribution in [-0.4, -0.2) is 47.0 Å². The second-order valence-electron chi connectivity index (χ2n) is 11.0. The summed E-state index contributed by atoms with van der Waals surface area (Å²) in [6.07, 6.45) is -2.29. The molecule has 0 radical (unpaired) electrons. The van der Waals surface area contributed by atoms with Gasteiger partial charge in [-0.2, -0.15) is 21.6 Å². The molecule has 5 rings (SSSR count). The number of pyridine rings is 1. The fraction of sp³-hybridized carbons (Fsp3) is 0.333. The normalized spacial score (nSPS) is 19.0. The molecule has 0 saturated heterocycles. The van der Waals surface area contributed by atoms with Gasteiger partial charge in [0.05, 0.1) is 46.0 Å². The van der Waals surface area contributed by atoms with Crippen LogP contribution in [0.5, 0.6) is 0 Å². The van der Waals surface area contributed by atoms with Crippen LogP contribution in [0.4, 0.5) is 28.9 Å². The Labute approximate surface area is 255 Å². The first kappa shape index (κ1) is 31.9. The first-order chi connectivity index (χ1) is 21.1. The lowest BCUT2D eigenvalue weighted by Crippen LogP contribution is -2.40. The van der Waals surface area contributed by atoms with Crippen molar-refractivity contribution >= 4 is 44.3 Å². The molecule has 3 atom stereocenters. The third-order valence-electron chi connectivity index (χ3n) is 8.35. The number of aryl methyl sites for hydroxylation is 2. The zero-order valence-electron chi connectivity index (χ0n) is 24.3. The molecule has 2 heterocycles. The smallest absolute Gasteiger partial charge is 0.416 e. The van der Waals surface area contributed by atoms with Crippen LogP contribution in [0, 0.1) is 24.6 Å². The van der Waals surface area contributed by atoms with E-state index in [2.05, 4.69) is 15.3 Å². The van der Waals surface area contributed by atoms with Gasteiger partial charge in [-0.1, -0.05) is 18.6 Å². The SMILES string of the molecule is Cc1nc2cc(S(=O)(=O)N(C)c3ccc([C@H]4CCC[C@@H](C(=O)Nc5ccc(C(F)(F)F)cc5F)[C@@H]4C(=O)O)cc3)ncc2n1C. The number of carboxylic acid groups (broad SMARTS) is 1. The third kappa shape index (κ3) is 6.08. The number of nitrogens with one attached hydrogen (secondary N) is 1. The quantitative estimate of drug-likeness (QED) is 0.254. The van der Waals surface area contributed by atoms with Crippen LogP contribution in [0.25, 0.3) is 11.0 Å². The zero-order valence-corrected chi connectivity index (χ0v) is 25.2. The molecule has 2 aromatic carbocycles. The second kappa shape index (κ2) is 11.8. The number of imidazole rings is 1. The number of aliphatic carboxylic acids is 1.